The van der Waals surface area contributed by atoms with Crippen LogP contribution in [0.3, 0.4) is 0 Å². The third kappa shape index (κ3) is 8.75. The first-order chi connectivity index (χ1) is 17.0. The van der Waals surface area contributed by atoms with Crippen molar-refractivity contribution in [3.05, 3.63) is 106 Å². The van der Waals surface area contributed by atoms with Gasteiger partial charge in [0, 0.05) is 30.3 Å². The Kier molecular flexibility index (Phi) is 10.7. The van der Waals surface area contributed by atoms with Crippen molar-refractivity contribution in [1.29, 1.82) is 0 Å². The van der Waals surface area contributed by atoms with E-state index in [4.69, 9.17) is 11.6 Å². The molecule has 184 valence electrons. The van der Waals surface area contributed by atoms with E-state index in [-0.39, 0.29) is 11.8 Å². The fourth-order valence-corrected chi connectivity index (χ4v) is 4.73. The van der Waals surface area contributed by atoms with E-state index in [0.717, 1.165) is 23.3 Å². The first kappa shape index (κ1) is 26.8. The molecule has 0 fully saturated rings. The maximum atomic E-state index is 13.6. The molecule has 4 nitrogen and oxygen atoms in total. The predicted octanol–water partition coefficient (Wildman–Crippen LogP) is 6.05. The van der Waals surface area contributed by atoms with Crippen LogP contribution in [0.2, 0.25) is 5.02 Å². The lowest BCUT2D eigenvalue weighted by molar-refractivity contribution is -0.139. The summed E-state index contributed by atoms with van der Waals surface area (Å²) in [5, 5.41) is 3.65. The van der Waals surface area contributed by atoms with Crippen molar-refractivity contribution in [2.75, 3.05) is 12.3 Å². The van der Waals surface area contributed by atoms with E-state index in [2.05, 4.69) is 36.5 Å². The fraction of sp³-hybridized carbons (Fsp3) is 0.310. The number of carbonyl (C=O) groups excluding carboxylic acids is 2. The minimum absolute atomic E-state index is 0.0513. The van der Waals surface area contributed by atoms with Gasteiger partial charge in [-0.15, -0.1) is 11.8 Å². The number of amides is 2. The molecule has 0 heterocycles. The lowest BCUT2D eigenvalue weighted by Gasteiger charge is -2.31. The first-order valence-electron chi connectivity index (χ1n) is 11.9. The highest BCUT2D eigenvalue weighted by atomic mass is 35.5. The maximum Gasteiger partial charge on any atom is 0.243 e. The zero-order valence-corrected chi connectivity index (χ0v) is 21.9. The van der Waals surface area contributed by atoms with Crippen LogP contribution < -0.4 is 5.32 Å². The minimum atomic E-state index is -0.605. The molecule has 0 radical (unpaired) electrons. The number of nitrogens with zero attached hydrogens (tertiary/aromatic N) is 1. The van der Waals surface area contributed by atoms with Gasteiger partial charge in [-0.25, -0.2) is 0 Å². The van der Waals surface area contributed by atoms with Crippen LogP contribution in [0.5, 0.6) is 0 Å². The Hall–Kier alpha value is -2.76. The van der Waals surface area contributed by atoms with E-state index < -0.39 is 6.04 Å². The minimum Gasteiger partial charge on any atom is -0.354 e. The van der Waals surface area contributed by atoms with Crippen molar-refractivity contribution in [2.45, 2.75) is 45.0 Å². The van der Waals surface area contributed by atoms with Gasteiger partial charge in [0.1, 0.15) is 6.04 Å². The highest BCUT2D eigenvalue weighted by molar-refractivity contribution is 7.99. The van der Waals surface area contributed by atoms with Crippen LogP contribution in [-0.2, 0) is 28.3 Å². The van der Waals surface area contributed by atoms with Gasteiger partial charge in [-0.3, -0.25) is 9.59 Å². The van der Waals surface area contributed by atoms with E-state index in [1.807, 2.05) is 61.5 Å². The molecule has 1 atom stereocenters. The summed E-state index contributed by atoms with van der Waals surface area (Å²) in [7, 11) is 0. The Morgan fingerprint density at radius 2 is 1.57 bits per heavy atom. The Labute approximate surface area is 218 Å². The number of hydrogen-bond donors (Lipinski definition) is 1. The van der Waals surface area contributed by atoms with Gasteiger partial charge in [-0.05, 0) is 42.2 Å². The Bertz CT molecular complexity index is 1070. The summed E-state index contributed by atoms with van der Waals surface area (Å²) in [4.78, 5) is 28.6. The molecule has 0 spiro atoms. The van der Waals surface area contributed by atoms with Crippen molar-refractivity contribution < 1.29 is 9.59 Å². The number of thioether (sulfide) groups is 1. The van der Waals surface area contributed by atoms with Crippen molar-refractivity contribution in [1.82, 2.24) is 10.2 Å². The number of rotatable bonds is 12. The summed E-state index contributed by atoms with van der Waals surface area (Å²) >= 11 is 7.65. The molecule has 3 aromatic carbocycles. The quantitative estimate of drug-likeness (QED) is 0.324. The van der Waals surface area contributed by atoms with Crippen LogP contribution in [0.25, 0.3) is 0 Å². The highest BCUT2D eigenvalue weighted by Crippen LogP contribution is 2.20. The zero-order valence-electron chi connectivity index (χ0n) is 20.4. The molecule has 0 aliphatic carbocycles. The first-order valence-corrected chi connectivity index (χ1v) is 13.5. The van der Waals surface area contributed by atoms with Gasteiger partial charge in [0.2, 0.25) is 11.8 Å². The van der Waals surface area contributed by atoms with Gasteiger partial charge >= 0.3 is 0 Å². The molecule has 2 amide bonds. The van der Waals surface area contributed by atoms with Crippen LogP contribution in [0, 0.1) is 6.92 Å². The van der Waals surface area contributed by atoms with Crippen LogP contribution in [0.1, 0.15) is 35.6 Å². The molecular formula is C29H33ClN2O2S. The van der Waals surface area contributed by atoms with Crippen molar-refractivity contribution in [2.24, 2.45) is 0 Å². The summed E-state index contributed by atoms with van der Waals surface area (Å²) in [6, 6.07) is 25.1. The largest absolute Gasteiger partial charge is 0.354 e. The number of aryl methyl sites for hydroxylation is 1. The van der Waals surface area contributed by atoms with Gasteiger partial charge in [-0.1, -0.05) is 90.8 Å². The molecule has 0 saturated heterocycles. The molecular weight excluding hydrogens is 476 g/mol. The summed E-state index contributed by atoms with van der Waals surface area (Å²) in [5.41, 5.74) is 4.35. The van der Waals surface area contributed by atoms with E-state index >= 15 is 0 Å². The molecule has 6 heteroatoms. The van der Waals surface area contributed by atoms with Crippen LogP contribution in [0.4, 0.5) is 0 Å². The second-order valence-electron chi connectivity index (χ2n) is 8.62. The number of hydrogen-bond acceptors (Lipinski definition) is 3. The second kappa shape index (κ2) is 14.0. The van der Waals surface area contributed by atoms with Crippen LogP contribution in [-0.4, -0.2) is 35.1 Å². The molecule has 0 aromatic heterocycles. The second-order valence-corrected chi connectivity index (χ2v) is 10.0. The van der Waals surface area contributed by atoms with Crippen molar-refractivity contribution in [3.8, 4) is 0 Å². The topological polar surface area (TPSA) is 49.4 Å². The van der Waals surface area contributed by atoms with E-state index in [1.54, 1.807) is 16.7 Å². The van der Waals surface area contributed by atoms with E-state index in [1.165, 1.54) is 11.1 Å². The summed E-state index contributed by atoms with van der Waals surface area (Å²) in [6.07, 6.45) is 1.29. The summed E-state index contributed by atoms with van der Waals surface area (Å²) in [6.45, 7) is 5.00. The Morgan fingerprint density at radius 1 is 0.914 bits per heavy atom. The SMILES string of the molecule is CCCNC(=O)[C@H](Cc1ccccc1)N(Cc1ccc(Cl)cc1)C(=O)CSCc1ccc(C)cc1. The van der Waals surface area contributed by atoms with Gasteiger partial charge in [0.05, 0.1) is 5.75 Å². The third-order valence-electron chi connectivity index (χ3n) is 5.70. The number of benzene rings is 3. The molecule has 0 bridgehead atoms. The van der Waals surface area contributed by atoms with Gasteiger partial charge < -0.3 is 10.2 Å². The lowest BCUT2D eigenvalue weighted by Crippen LogP contribution is -2.51. The fourth-order valence-electron chi connectivity index (χ4n) is 3.73. The standard InChI is InChI=1S/C29H33ClN2O2S/c1-3-17-31-29(34)27(18-23-7-5-4-6-8-23)32(19-24-13-15-26(30)16-14-24)28(33)21-35-20-25-11-9-22(2)10-12-25/h4-16,27H,3,17-21H2,1-2H3,(H,31,34)/t27-/m0/s1. The van der Waals surface area contributed by atoms with Crippen molar-refractivity contribution >= 4 is 35.2 Å². The normalized spacial score (nSPS) is 11.6. The van der Waals surface area contributed by atoms with E-state index in [9.17, 15) is 9.59 Å². The molecule has 0 aliphatic rings. The smallest absolute Gasteiger partial charge is 0.243 e. The molecule has 35 heavy (non-hydrogen) atoms. The van der Waals surface area contributed by atoms with Crippen LogP contribution >= 0.6 is 23.4 Å². The predicted molar refractivity (Wildman–Crippen MR) is 147 cm³/mol. The van der Waals surface area contributed by atoms with Crippen LogP contribution in [0.15, 0.2) is 78.9 Å². The Balaban J connectivity index is 1.81. The molecule has 1 N–H and O–H groups in total. The van der Waals surface area contributed by atoms with Gasteiger partial charge in [-0.2, -0.15) is 0 Å². The highest BCUT2D eigenvalue weighted by Gasteiger charge is 2.30. The number of halogens is 1. The zero-order chi connectivity index (χ0) is 25.0. The summed E-state index contributed by atoms with van der Waals surface area (Å²) < 4.78 is 0. The monoisotopic (exact) mass is 508 g/mol. The lowest BCUT2D eigenvalue weighted by atomic mass is 10.0. The molecule has 0 aliphatic heterocycles. The van der Waals surface area contributed by atoms with Gasteiger partial charge in [0.15, 0.2) is 0 Å². The van der Waals surface area contributed by atoms with Gasteiger partial charge in [0.25, 0.3) is 0 Å². The average molecular weight is 509 g/mol. The third-order valence-corrected chi connectivity index (χ3v) is 6.94. The molecule has 3 rings (SSSR count). The molecule has 0 saturated carbocycles. The number of carbonyl (C=O) groups is 2. The average Bonchev–Trinajstić information content (AvgIpc) is 2.87. The van der Waals surface area contributed by atoms with Crippen molar-refractivity contribution in [3.63, 3.8) is 0 Å². The molecule has 0 unspecified atom stereocenters. The maximum absolute atomic E-state index is 13.6. The number of nitrogens with one attached hydrogen (secondary N) is 1. The molecule has 3 aromatic rings. The summed E-state index contributed by atoms with van der Waals surface area (Å²) in [5.74, 6) is 0.867. The Morgan fingerprint density at radius 3 is 2.23 bits per heavy atom. The van der Waals surface area contributed by atoms with E-state index in [0.29, 0.717) is 30.3 Å².